The fourth-order valence-electron chi connectivity index (χ4n) is 3.90. The number of unbranched alkanes of at least 4 members (excludes halogenated alkanes) is 3. The van der Waals surface area contributed by atoms with Crippen molar-refractivity contribution in [3.63, 3.8) is 0 Å². The lowest BCUT2D eigenvalue weighted by atomic mass is 10.0. The Morgan fingerprint density at radius 1 is 1.06 bits per heavy atom. The van der Waals surface area contributed by atoms with Gasteiger partial charge in [-0.25, -0.2) is 0 Å². The Labute approximate surface area is 201 Å². The van der Waals surface area contributed by atoms with Crippen LogP contribution < -0.4 is 10.1 Å². The highest BCUT2D eigenvalue weighted by molar-refractivity contribution is 6.04. The standard InChI is InChI=1S/C28H34N2O4/c1-3-4-5-8-16-30-17-15-23-20-22(13-14-25(23)30)21(2)19-27(31)29-24-10-6-7-11-26(24)34-18-9-12-28(32)33/h6-7,10-11,13-15,17,19-20H,3-5,8-9,12,16,18H2,1-2H3,(H,29,31)(H,32,33)/b21-19+. The van der Waals surface area contributed by atoms with Gasteiger partial charge in [0.25, 0.3) is 0 Å². The van der Waals surface area contributed by atoms with E-state index in [0.717, 1.165) is 17.7 Å². The minimum Gasteiger partial charge on any atom is -0.491 e. The van der Waals surface area contributed by atoms with Gasteiger partial charge in [0.05, 0.1) is 12.3 Å². The number of carbonyl (C=O) groups excluding carboxylic acids is 1. The number of rotatable bonds is 13. The van der Waals surface area contributed by atoms with Crippen LogP contribution in [0.2, 0.25) is 0 Å². The second-order valence-corrected chi connectivity index (χ2v) is 8.50. The van der Waals surface area contributed by atoms with Crippen LogP contribution in [0.3, 0.4) is 0 Å². The van der Waals surface area contributed by atoms with Crippen LogP contribution in [-0.2, 0) is 16.1 Å². The monoisotopic (exact) mass is 462 g/mol. The molecule has 0 atom stereocenters. The molecule has 0 aliphatic rings. The Morgan fingerprint density at radius 2 is 1.88 bits per heavy atom. The van der Waals surface area contributed by atoms with E-state index in [9.17, 15) is 9.59 Å². The third-order valence-corrected chi connectivity index (χ3v) is 5.76. The van der Waals surface area contributed by atoms with Crippen LogP contribution in [0, 0.1) is 0 Å². The van der Waals surface area contributed by atoms with Crippen molar-refractivity contribution in [1.29, 1.82) is 0 Å². The molecular formula is C28H34N2O4. The van der Waals surface area contributed by atoms with Crippen molar-refractivity contribution in [1.82, 2.24) is 4.57 Å². The molecule has 0 fully saturated rings. The molecular weight excluding hydrogens is 428 g/mol. The highest BCUT2D eigenvalue weighted by Crippen LogP contribution is 2.26. The van der Waals surface area contributed by atoms with Gasteiger partial charge in [-0.15, -0.1) is 0 Å². The summed E-state index contributed by atoms with van der Waals surface area (Å²) in [6.07, 6.45) is 9.12. The zero-order valence-corrected chi connectivity index (χ0v) is 20.0. The summed E-state index contributed by atoms with van der Waals surface area (Å²) < 4.78 is 7.97. The third-order valence-electron chi connectivity index (χ3n) is 5.76. The number of fused-ring (bicyclic) bond motifs is 1. The maximum absolute atomic E-state index is 12.7. The number of anilines is 1. The van der Waals surface area contributed by atoms with E-state index in [1.54, 1.807) is 18.2 Å². The predicted molar refractivity (Wildman–Crippen MR) is 137 cm³/mol. The number of carboxylic acid groups (broad SMARTS) is 1. The zero-order chi connectivity index (χ0) is 24.3. The number of amides is 1. The van der Waals surface area contributed by atoms with Gasteiger partial charge >= 0.3 is 5.97 Å². The molecule has 2 aromatic carbocycles. The van der Waals surface area contributed by atoms with Crippen LogP contribution >= 0.6 is 0 Å². The molecule has 0 aliphatic heterocycles. The first-order chi connectivity index (χ1) is 16.5. The maximum atomic E-state index is 12.7. The van der Waals surface area contributed by atoms with E-state index < -0.39 is 5.97 Å². The van der Waals surface area contributed by atoms with Crippen LogP contribution in [-0.4, -0.2) is 28.2 Å². The Hall–Kier alpha value is -3.54. The van der Waals surface area contributed by atoms with Crippen LogP contribution in [0.1, 0.15) is 57.9 Å². The number of aromatic nitrogens is 1. The molecule has 1 amide bonds. The van der Waals surface area contributed by atoms with Gasteiger partial charge < -0.3 is 19.7 Å². The molecule has 0 saturated heterocycles. The summed E-state index contributed by atoms with van der Waals surface area (Å²) in [7, 11) is 0. The topological polar surface area (TPSA) is 80.6 Å². The number of aryl methyl sites for hydroxylation is 1. The molecule has 0 bridgehead atoms. The Bertz CT molecular complexity index is 1150. The van der Waals surface area contributed by atoms with Gasteiger partial charge in [-0.3, -0.25) is 9.59 Å². The van der Waals surface area contributed by atoms with E-state index in [4.69, 9.17) is 9.84 Å². The predicted octanol–water partition coefficient (Wildman–Crippen LogP) is 6.51. The number of ether oxygens (including phenoxy) is 1. The van der Waals surface area contributed by atoms with Gasteiger partial charge in [0.1, 0.15) is 5.75 Å². The lowest BCUT2D eigenvalue weighted by Gasteiger charge is -2.11. The van der Waals surface area contributed by atoms with E-state index in [0.29, 0.717) is 17.9 Å². The fraction of sp³-hybridized carbons (Fsp3) is 0.357. The highest BCUT2D eigenvalue weighted by atomic mass is 16.5. The number of allylic oxidation sites excluding steroid dienone is 1. The van der Waals surface area contributed by atoms with Crippen LogP contribution in [0.4, 0.5) is 5.69 Å². The molecule has 180 valence electrons. The number of nitrogens with zero attached hydrogens (tertiary/aromatic N) is 1. The largest absolute Gasteiger partial charge is 0.491 e. The average molecular weight is 463 g/mol. The first kappa shape index (κ1) is 25.1. The Balaban J connectivity index is 1.64. The van der Waals surface area contributed by atoms with Crippen LogP contribution in [0.15, 0.2) is 60.8 Å². The molecule has 1 heterocycles. The highest BCUT2D eigenvalue weighted by Gasteiger charge is 2.09. The van der Waals surface area contributed by atoms with Crippen molar-refractivity contribution in [2.75, 3.05) is 11.9 Å². The maximum Gasteiger partial charge on any atom is 0.303 e. The number of benzene rings is 2. The first-order valence-electron chi connectivity index (χ1n) is 12.0. The summed E-state index contributed by atoms with van der Waals surface area (Å²) in [5.74, 6) is -0.575. The summed E-state index contributed by atoms with van der Waals surface area (Å²) in [6, 6.07) is 15.6. The second-order valence-electron chi connectivity index (χ2n) is 8.50. The lowest BCUT2D eigenvalue weighted by molar-refractivity contribution is -0.137. The lowest BCUT2D eigenvalue weighted by Crippen LogP contribution is -2.11. The van der Waals surface area contributed by atoms with E-state index in [1.807, 2.05) is 19.1 Å². The molecule has 0 aliphatic carbocycles. The number of hydrogen-bond acceptors (Lipinski definition) is 3. The van der Waals surface area contributed by atoms with Crippen molar-refractivity contribution >= 4 is 34.0 Å². The van der Waals surface area contributed by atoms with Crippen LogP contribution in [0.25, 0.3) is 16.5 Å². The molecule has 6 nitrogen and oxygen atoms in total. The molecule has 34 heavy (non-hydrogen) atoms. The van der Waals surface area contributed by atoms with Crippen molar-refractivity contribution in [2.24, 2.45) is 0 Å². The van der Waals surface area contributed by atoms with Gasteiger partial charge in [-0.05, 0) is 61.2 Å². The molecule has 2 N–H and O–H groups in total. The molecule has 0 spiro atoms. The van der Waals surface area contributed by atoms with Gasteiger partial charge in [-0.2, -0.15) is 0 Å². The molecule has 3 aromatic rings. The van der Waals surface area contributed by atoms with E-state index in [2.05, 4.69) is 47.3 Å². The second kappa shape index (κ2) is 12.6. The quantitative estimate of drug-likeness (QED) is 0.224. The van der Waals surface area contributed by atoms with E-state index in [-0.39, 0.29) is 18.9 Å². The van der Waals surface area contributed by atoms with Gasteiger partial charge in [0.2, 0.25) is 5.91 Å². The molecule has 0 radical (unpaired) electrons. The van der Waals surface area contributed by atoms with E-state index >= 15 is 0 Å². The molecule has 3 rings (SSSR count). The minimum absolute atomic E-state index is 0.0447. The smallest absolute Gasteiger partial charge is 0.303 e. The number of aliphatic carboxylic acids is 1. The van der Waals surface area contributed by atoms with Crippen molar-refractivity contribution in [3.8, 4) is 5.75 Å². The SMILES string of the molecule is CCCCCCn1ccc2cc(/C(C)=C/C(=O)Nc3ccccc3OCCCC(=O)O)ccc21. The third kappa shape index (κ3) is 7.24. The molecule has 0 unspecified atom stereocenters. The van der Waals surface area contributed by atoms with Gasteiger partial charge in [0.15, 0.2) is 0 Å². The number of hydrogen-bond donors (Lipinski definition) is 2. The Morgan fingerprint density at radius 3 is 2.68 bits per heavy atom. The minimum atomic E-state index is -0.854. The average Bonchev–Trinajstić information content (AvgIpc) is 3.22. The van der Waals surface area contributed by atoms with Gasteiger partial charge in [-0.1, -0.05) is 44.4 Å². The fourth-order valence-corrected chi connectivity index (χ4v) is 3.90. The van der Waals surface area contributed by atoms with Crippen molar-refractivity contribution in [2.45, 2.75) is 58.9 Å². The number of para-hydroxylation sites is 2. The normalized spacial score (nSPS) is 11.5. The number of carboxylic acids is 1. The molecule has 0 saturated carbocycles. The number of carbonyl (C=O) groups is 2. The summed E-state index contributed by atoms with van der Waals surface area (Å²) in [6.45, 7) is 5.45. The first-order valence-corrected chi connectivity index (χ1v) is 12.0. The zero-order valence-electron chi connectivity index (χ0n) is 20.0. The summed E-state index contributed by atoms with van der Waals surface area (Å²) in [4.78, 5) is 23.3. The van der Waals surface area contributed by atoms with Crippen molar-refractivity contribution < 1.29 is 19.4 Å². The molecule has 6 heteroatoms. The summed E-state index contributed by atoms with van der Waals surface area (Å²) in [5, 5.41) is 12.8. The summed E-state index contributed by atoms with van der Waals surface area (Å²) in [5.41, 5.74) is 3.65. The summed E-state index contributed by atoms with van der Waals surface area (Å²) >= 11 is 0. The van der Waals surface area contributed by atoms with Gasteiger partial charge in [0, 0.05) is 36.1 Å². The Kier molecular flexibility index (Phi) is 9.32. The molecule has 1 aromatic heterocycles. The van der Waals surface area contributed by atoms with E-state index in [1.165, 1.54) is 36.6 Å². The number of nitrogens with one attached hydrogen (secondary N) is 1. The van der Waals surface area contributed by atoms with Crippen molar-refractivity contribution in [3.05, 3.63) is 66.4 Å². The van der Waals surface area contributed by atoms with Crippen LogP contribution in [0.5, 0.6) is 5.75 Å².